The molecule has 3 aromatic rings. The van der Waals surface area contributed by atoms with Gasteiger partial charge in [-0.3, -0.25) is 24.3 Å². The highest BCUT2D eigenvalue weighted by molar-refractivity contribution is 5.94. The van der Waals surface area contributed by atoms with E-state index in [4.69, 9.17) is 0 Å². The van der Waals surface area contributed by atoms with E-state index in [1.54, 1.807) is 35.1 Å². The lowest BCUT2D eigenvalue weighted by Crippen LogP contribution is -2.22. The molecule has 2 heterocycles. The second-order valence-corrected chi connectivity index (χ2v) is 5.74. The van der Waals surface area contributed by atoms with Gasteiger partial charge in [0.15, 0.2) is 0 Å². The second-order valence-electron chi connectivity index (χ2n) is 5.74. The average molecular weight is 354 g/mol. The molecule has 1 aromatic carbocycles. The Kier molecular flexibility index (Phi) is 5.07. The number of amides is 1. The second kappa shape index (κ2) is 7.60. The molecule has 9 heteroatoms. The minimum absolute atomic E-state index is 0.0487. The van der Waals surface area contributed by atoms with E-state index in [-0.39, 0.29) is 11.6 Å². The van der Waals surface area contributed by atoms with E-state index in [0.29, 0.717) is 18.7 Å². The van der Waals surface area contributed by atoms with Gasteiger partial charge in [-0.15, -0.1) is 0 Å². The zero-order chi connectivity index (χ0) is 18.5. The molecule has 2 aromatic heterocycles. The first-order valence-corrected chi connectivity index (χ1v) is 8.10. The molecule has 0 aliphatic rings. The molecule has 0 fully saturated rings. The number of nitrogens with one attached hydrogen (secondary N) is 1. The van der Waals surface area contributed by atoms with Crippen LogP contribution in [0.1, 0.15) is 28.4 Å². The number of aromatic nitrogens is 4. The molecule has 1 N–H and O–H groups in total. The van der Waals surface area contributed by atoms with Crippen LogP contribution in [0.5, 0.6) is 0 Å². The summed E-state index contributed by atoms with van der Waals surface area (Å²) in [6.45, 7) is 3.59. The van der Waals surface area contributed by atoms with Crippen LogP contribution in [-0.4, -0.2) is 30.4 Å². The lowest BCUT2D eigenvalue weighted by Gasteiger charge is -2.06. The van der Waals surface area contributed by atoms with Crippen LogP contribution in [0, 0.1) is 10.1 Å². The van der Waals surface area contributed by atoms with Gasteiger partial charge in [0.1, 0.15) is 12.4 Å². The van der Waals surface area contributed by atoms with Gasteiger partial charge in [-0.25, -0.2) is 0 Å². The van der Waals surface area contributed by atoms with Gasteiger partial charge in [0.05, 0.1) is 17.7 Å². The Labute approximate surface area is 149 Å². The Morgan fingerprint density at radius 3 is 2.46 bits per heavy atom. The summed E-state index contributed by atoms with van der Waals surface area (Å²) in [5, 5.41) is 21.6. The molecule has 0 atom stereocenters. The van der Waals surface area contributed by atoms with E-state index in [1.165, 1.54) is 17.1 Å². The van der Waals surface area contributed by atoms with Crippen LogP contribution in [0.4, 0.5) is 5.69 Å². The maximum absolute atomic E-state index is 12.2. The van der Waals surface area contributed by atoms with Crippen molar-refractivity contribution in [2.24, 2.45) is 0 Å². The van der Waals surface area contributed by atoms with Crippen LogP contribution in [0.3, 0.4) is 0 Å². The highest BCUT2D eigenvalue weighted by atomic mass is 16.6. The fourth-order valence-electron chi connectivity index (χ4n) is 2.44. The van der Waals surface area contributed by atoms with Gasteiger partial charge in [-0.2, -0.15) is 10.2 Å². The SMILES string of the molecule is CCn1cc(CNC(=O)c2ccc(Cn3cc([N+](=O)[O-])cn3)cc2)cn1. The number of carbonyl (C=O) groups is 1. The molecule has 3 rings (SSSR count). The monoisotopic (exact) mass is 354 g/mol. The topological polar surface area (TPSA) is 108 Å². The average Bonchev–Trinajstić information content (AvgIpc) is 3.29. The zero-order valence-electron chi connectivity index (χ0n) is 14.2. The Hall–Kier alpha value is -3.49. The van der Waals surface area contributed by atoms with Gasteiger partial charge in [0.25, 0.3) is 5.91 Å². The number of carbonyl (C=O) groups excluding carboxylic acids is 1. The summed E-state index contributed by atoms with van der Waals surface area (Å²) in [6.07, 6.45) is 6.21. The van der Waals surface area contributed by atoms with Crippen molar-refractivity contribution in [1.29, 1.82) is 0 Å². The Balaban J connectivity index is 1.57. The van der Waals surface area contributed by atoms with Gasteiger partial charge in [-0.05, 0) is 24.6 Å². The molecule has 0 bridgehead atoms. The van der Waals surface area contributed by atoms with Crippen molar-refractivity contribution in [1.82, 2.24) is 24.9 Å². The van der Waals surface area contributed by atoms with Gasteiger partial charge in [0.2, 0.25) is 0 Å². The van der Waals surface area contributed by atoms with Crippen LogP contribution in [-0.2, 0) is 19.6 Å². The molecule has 9 nitrogen and oxygen atoms in total. The van der Waals surface area contributed by atoms with E-state index in [1.807, 2.05) is 13.1 Å². The van der Waals surface area contributed by atoms with Crippen molar-refractivity contribution < 1.29 is 9.72 Å². The lowest BCUT2D eigenvalue weighted by atomic mass is 10.1. The largest absolute Gasteiger partial charge is 0.348 e. The Morgan fingerprint density at radius 1 is 1.12 bits per heavy atom. The summed E-state index contributed by atoms with van der Waals surface area (Å²) < 4.78 is 3.29. The van der Waals surface area contributed by atoms with Crippen molar-refractivity contribution in [3.05, 3.63) is 75.9 Å². The van der Waals surface area contributed by atoms with Gasteiger partial charge < -0.3 is 5.32 Å². The maximum Gasteiger partial charge on any atom is 0.307 e. The Morgan fingerprint density at radius 2 is 1.85 bits per heavy atom. The molecule has 0 radical (unpaired) electrons. The van der Waals surface area contributed by atoms with E-state index >= 15 is 0 Å². The molecule has 0 spiro atoms. The van der Waals surface area contributed by atoms with Crippen molar-refractivity contribution in [2.75, 3.05) is 0 Å². The number of hydrogen-bond donors (Lipinski definition) is 1. The lowest BCUT2D eigenvalue weighted by molar-refractivity contribution is -0.385. The highest BCUT2D eigenvalue weighted by Gasteiger charge is 2.10. The fraction of sp³-hybridized carbons (Fsp3) is 0.235. The third kappa shape index (κ3) is 4.12. The summed E-state index contributed by atoms with van der Waals surface area (Å²) >= 11 is 0. The number of nitrogens with zero attached hydrogens (tertiary/aromatic N) is 5. The first kappa shape index (κ1) is 17.3. The van der Waals surface area contributed by atoms with Crippen LogP contribution in [0.25, 0.3) is 0 Å². The third-order valence-corrected chi connectivity index (χ3v) is 3.85. The molecule has 26 heavy (non-hydrogen) atoms. The smallest absolute Gasteiger partial charge is 0.307 e. The van der Waals surface area contributed by atoms with E-state index in [2.05, 4.69) is 15.5 Å². The van der Waals surface area contributed by atoms with Crippen LogP contribution in [0.2, 0.25) is 0 Å². The van der Waals surface area contributed by atoms with Crippen molar-refractivity contribution in [3.63, 3.8) is 0 Å². The van der Waals surface area contributed by atoms with Crippen molar-refractivity contribution in [2.45, 2.75) is 26.6 Å². The van der Waals surface area contributed by atoms with Crippen LogP contribution in [0.15, 0.2) is 49.1 Å². The van der Waals surface area contributed by atoms with Crippen molar-refractivity contribution >= 4 is 11.6 Å². The first-order chi connectivity index (χ1) is 12.5. The number of rotatable bonds is 7. The summed E-state index contributed by atoms with van der Waals surface area (Å²) in [5.74, 6) is -0.171. The number of aryl methyl sites for hydroxylation is 1. The number of benzene rings is 1. The predicted molar refractivity (Wildman–Crippen MR) is 93.5 cm³/mol. The molecule has 134 valence electrons. The maximum atomic E-state index is 12.2. The van der Waals surface area contributed by atoms with E-state index < -0.39 is 4.92 Å². The summed E-state index contributed by atoms with van der Waals surface area (Å²) in [7, 11) is 0. The van der Waals surface area contributed by atoms with Gasteiger partial charge in [0, 0.05) is 30.4 Å². The number of nitro groups is 1. The molecule has 0 saturated heterocycles. The Bertz CT molecular complexity index is 913. The quantitative estimate of drug-likeness (QED) is 0.515. The highest BCUT2D eigenvalue weighted by Crippen LogP contribution is 2.11. The summed E-state index contributed by atoms with van der Waals surface area (Å²) in [6, 6.07) is 7.05. The molecule has 0 unspecified atom stereocenters. The zero-order valence-corrected chi connectivity index (χ0v) is 14.2. The van der Waals surface area contributed by atoms with Crippen LogP contribution < -0.4 is 5.32 Å². The van der Waals surface area contributed by atoms with Crippen LogP contribution >= 0.6 is 0 Å². The van der Waals surface area contributed by atoms with Gasteiger partial charge >= 0.3 is 5.69 Å². The first-order valence-electron chi connectivity index (χ1n) is 8.10. The molecule has 0 aliphatic heterocycles. The molecular formula is C17H18N6O3. The fourth-order valence-corrected chi connectivity index (χ4v) is 2.44. The molecule has 1 amide bonds. The molecule has 0 saturated carbocycles. The summed E-state index contributed by atoms with van der Waals surface area (Å²) in [5.41, 5.74) is 2.33. The predicted octanol–water partition coefficient (Wildman–Crippen LogP) is 1.99. The third-order valence-electron chi connectivity index (χ3n) is 3.85. The normalized spacial score (nSPS) is 10.7. The summed E-state index contributed by atoms with van der Waals surface area (Å²) in [4.78, 5) is 22.4. The molecule has 0 aliphatic carbocycles. The van der Waals surface area contributed by atoms with Gasteiger partial charge in [-0.1, -0.05) is 12.1 Å². The van der Waals surface area contributed by atoms with Crippen molar-refractivity contribution in [3.8, 4) is 0 Å². The minimum atomic E-state index is -0.485. The molecular weight excluding hydrogens is 336 g/mol. The standard InChI is InChI=1S/C17H18N6O3/c1-2-21-11-14(8-19-21)7-18-17(24)15-5-3-13(4-6-15)10-22-12-16(9-20-22)23(25)26/h3-6,8-9,11-12H,2,7,10H2,1H3,(H,18,24). The number of hydrogen-bond acceptors (Lipinski definition) is 5. The van der Waals surface area contributed by atoms with E-state index in [9.17, 15) is 14.9 Å². The minimum Gasteiger partial charge on any atom is -0.348 e. The van der Waals surface area contributed by atoms with E-state index in [0.717, 1.165) is 17.7 Å².